The number of carbonyl (C=O) groups excluding carboxylic acids is 9. The van der Waals surface area contributed by atoms with Crippen molar-refractivity contribution in [2.45, 2.75) is 115 Å². The van der Waals surface area contributed by atoms with E-state index in [9.17, 15) is 57.8 Å². The van der Waals surface area contributed by atoms with Crippen LogP contribution in [0.2, 0.25) is 0 Å². The molecule has 3 aliphatic heterocycles. The lowest BCUT2D eigenvalue weighted by Gasteiger charge is -2.41. The molecule has 2 aliphatic carbocycles. The first-order valence-electron chi connectivity index (χ1n) is 26.6. The minimum Gasteiger partial charge on any atom is -0.480 e. The molecule has 81 heavy (non-hydrogen) atoms. The number of carbonyl (C=O) groups is 10. The van der Waals surface area contributed by atoms with Gasteiger partial charge in [-0.25, -0.2) is 14.2 Å². The monoisotopic (exact) mass is 1120 g/mol. The Morgan fingerprint density at radius 2 is 1.60 bits per heavy atom. The van der Waals surface area contributed by atoms with Gasteiger partial charge in [-0.3, -0.25) is 52.8 Å². The predicted molar refractivity (Wildman–Crippen MR) is 280 cm³/mol. The molecule has 2 aromatic carbocycles. The van der Waals surface area contributed by atoms with Gasteiger partial charge >= 0.3 is 11.9 Å². The van der Waals surface area contributed by atoms with Crippen molar-refractivity contribution in [3.05, 3.63) is 97.6 Å². The number of amides is 8. The van der Waals surface area contributed by atoms with E-state index in [4.69, 9.17) is 19.6 Å². The average Bonchev–Trinajstić information content (AvgIpc) is 3.21. The van der Waals surface area contributed by atoms with E-state index in [2.05, 4.69) is 37.2 Å². The summed E-state index contributed by atoms with van der Waals surface area (Å²) < 4.78 is 28.4. The smallest absolute Gasteiger partial charge is 0.343 e. The van der Waals surface area contributed by atoms with Gasteiger partial charge in [0, 0.05) is 47.9 Å². The average molecular weight is 1120 g/mol. The molecular weight excluding hydrogens is 1060 g/mol. The standard InChI is InChI=1S/C55H61FN10O15/c1-4-55(79)33-17-38-47-31(24-65(38)51(76)32(33)25-80-53(55)78)46-35(12-11-30-28(3)34(56)18-36(63-47)45(30)46)64-52(77)54(13-8-14-54)81-26-61-41(68)21-59-48(73)37(16-29-9-6-5-7-10-29)62-42(69)22-58-40(67)20-60-49(74)39(19-57-23-44(71)72)66-43(70)15-27(2)50(66)75/h5-7,9-10,17-18,27,35,37,39,57,79H,4,8,11-16,19-26H2,1-3H3,(H,58,67)(H,59,73)(H,60,74)(H,61,68)(H,62,69)(H,64,77)(H,71,72)/t27?,35-,37-,39-,55-/m0/s1. The van der Waals surface area contributed by atoms with Crippen LogP contribution in [0.1, 0.15) is 97.4 Å². The van der Waals surface area contributed by atoms with Crippen molar-refractivity contribution >= 4 is 70.1 Å². The van der Waals surface area contributed by atoms with E-state index < -0.39 is 145 Å². The number of esters is 1. The van der Waals surface area contributed by atoms with Crippen LogP contribution in [-0.4, -0.2) is 141 Å². The number of halogens is 1. The van der Waals surface area contributed by atoms with E-state index in [-0.39, 0.29) is 43.5 Å². The molecule has 4 aromatic rings. The van der Waals surface area contributed by atoms with E-state index in [1.54, 1.807) is 50.2 Å². The Balaban J connectivity index is 0.805. The maximum atomic E-state index is 15.5. The maximum Gasteiger partial charge on any atom is 0.343 e. The van der Waals surface area contributed by atoms with Gasteiger partial charge in [0.2, 0.25) is 41.4 Å². The lowest BCUT2D eigenvalue weighted by atomic mass is 9.77. The molecule has 9 N–H and O–H groups in total. The van der Waals surface area contributed by atoms with Gasteiger partial charge in [-0.05, 0) is 73.8 Å². The van der Waals surface area contributed by atoms with Crippen molar-refractivity contribution in [2.75, 3.05) is 39.5 Å². The van der Waals surface area contributed by atoms with Crippen molar-refractivity contribution in [2.24, 2.45) is 5.92 Å². The number of aromatic nitrogens is 2. The zero-order valence-electron chi connectivity index (χ0n) is 44.6. The van der Waals surface area contributed by atoms with Crippen molar-refractivity contribution < 1.29 is 72.0 Å². The number of nitrogens with zero attached hydrogens (tertiary/aromatic N) is 3. The quantitative estimate of drug-likeness (QED) is 0.0232. The first-order valence-corrected chi connectivity index (χ1v) is 26.6. The van der Waals surface area contributed by atoms with Crippen LogP contribution in [0.5, 0.6) is 0 Å². The largest absolute Gasteiger partial charge is 0.480 e. The van der Waals surface area contributed by atoms with Crippen LogP contribution >= 0.6 is 0 Å². The zero-order chi connectivity index (χ0) is 58.1. The predicted octanol–water partition coefficient (Wildman–Crippen LogP) is -0.842. The molecule has 0 spiro atoms. The van der Waals surface area contributed by atoms with Gasteiger partial charge in [-0.1, -0.05) is 44.2 Å². The molecule has 1 saturated heterocycles. The van der Waals surface area contributed by atoms with Gasteiger partial charge in [-0.15, -0.1) is 0 Å². The molecule has 0 bridgehead atoms. The second kappa shape index (κ2) is 23.3. The summed E-state index contributed by atoms with van der Waals surface area (Å²) in [6, 6.07) is 8.13. The molecule has 9 rings (SSSR count). The van der Waals surface area contributed by atoms with E-state index in [1.165, 1.54) is 17.6 Å². The van der Waals surface area contributed by atoms with Gasteiger partial charge in [0.25, 0.3) is 11.5 Å². The molecule has 2 fully saturated rings. The molecule has 5 aliphatic rings. The summed E-state index contributed by atoms with van der Waals surface area (Å²) in [6.45, 7) is 1.16. The highest BCUT2D eigenvalue weighted by atomic mass is 19.1. The Morgan fingerprint density at radius 3 is 2.27 bits per heavy atom. The van der Waals surface area contributed by atoms with E-state index in [0.717, 1.165) is 10.5 Å². The van der Waals surface area contributed by atoms with Crippen LogP contribution in [0.4, 0.5) is 4.39 Å². The number of carboxylic acid groups (broad SMARTS) is 1. The Kier molecular flexibility index (Phi) is 16.5. The summed E-state index contributed by atoms with van der Waals surface area (Å²) in [6.07, 6.45) is 1.75. The van der Waals surface area contributed by atoms with Crippen LogP contribution < -0.4 is 42.8 Å². The number of aliphatic carboxylic acids is 1. The van der Waals surface area contributed by atoms with Gasteiger partial charge in [0.1, 0.15) is 36.8 Å². The van der Waals surface area contributed by atoms with Crippen molar-refractivity contribution in [1.82, 2.24) is 51.7 Å². The SMILES string of the molecule is CC[C@@]1(O)C(=O)OCc2c1cc1n(c2=O)Cc2c-1nc1cc(F)c(C)c3c1c2[C@@H](NC(=O)C1(OCNC(=O)CNC(=O)[C@H](Cc2ccccc2)NC(=O)CNC(=O)CNC(=O)[C@H](CNCC(=O)O)N2C(=O)CC(C)C2=O)CCC1)CC3. The Morgan fingerprint density at radius 1 is 0.901 bits per heavy atom. The third-order valence-corrected chi connectivity index (χ3v) is 15.7. The molecule has 5 heterocycles. The van der Waals surface area contributed by atoms with Crippen molar-refractivity contribution in [3.63, 3.8) is 0 Å². The number of hydrogen-bond donors (Lipinski definition) is 9. The zero-order valence-corrected chi connectivity index (χ0v) is 44.6. The Bertz CT molecular complexity index is 3370. The summed E-state index contributed by atoms with van der Waals surface area (Å²) in [5.74, 6) is -9.10. The summed E-state index contributed by atoms with van der Waals surface area (Å²) in [7, 11) is 0. The normalized spacial score (nSPS) is 19.9. The first kappa shape index (κ1) is 57.2. The number of aliphatic hydroxyl groups is 1. The van der Waals surface area contributed by atoms with Crippen LogP contribution in [0.25, 0.3) is 22.3 Å². The van der Waals surface area contributed by atoms with Gasteiger partial charge < -0.3 is 61.5 Å². The molecular formula is C55H61FN10O15. The second-order valence-electron chi connectivity index (χ2n) is 20.9. The fourth-order valence-electron chi connectivity index (χ4n) is 11.1. The van der Waals surface area contributed by atoms with Crippen LogP contribution in [0.3, 0.4) is 0 Å². The molecule has 26 heteroatoms. The molecule has 8 amide bonds. The number of nitrogens with one attached hydrogen (secondary N) is 7. The number of hydrogen-bond acceptors (Lipinski definition) is 16. The third-order valence-electron chi connectivity index (χ3n) is 15.7. The number of aryl methyl sites for hydroxylation is 1. The number of ether oxygens (including phenoxy) is 2. The topological polar surface area (TPSA) is 352 Å². The fourth-order valence-corrected chi connectivity index (χ4v) is 11.1. The number of imide groups is 1. The molecule has 5 atom stereocenters. The lowest BCUT2D eigenvalue weighted by Crippen LogP contribution is -2.56. The molecule has 0 radical (unpaired) electrons. The second-order valence-corrected chi connectivity index (χ2v) is 20.9. The highest BCUT2D eigenvalue weighted by Crippen LogP contribution is 2.47. The molecule has 428 valence electrons. The van der Waals surface area contributed by atoms with E-state index >= 15 is 4.39 Å². The minimum atomic E-state index is -2.07. The number of benzene rings is 2. The number of cyclic esters (lactones) is 1. The number of fused-ring (bicyclic) bond motifs is 5. The van der Waals surface area contributed by atoms with Crippen molar-refractivity contribution in [3.8, 4) is 11.4 Å². The molecule has 25 nitrogen and oxygen atoms in total. The lowest BCUT2D eigenvalue weighted by molar-refractivity contribution is -0.172. The number of rotatable bonds is 22. The van der Waals surface area contributed by atoms with Crippen LogP contribution in [0, 0.1) is 18.7 Å². The minimum absolute atomic E-state index is 0.0280. The summed E-state index contributed by atoms with van der Waals surface area (Å²) in [4.78, 5) is 149. The number of pyridine rings is 2. The first-order chi connectivity index (χ1) is 38.6. The summed E-state index contributed by atoms with van der Waals surface area (Å²) >= 11 is 0. The highest BCUT2D eigenvalue weighted by molar-refractivity contribution is 6.07. The Hall–Kier alpha value is -8.49. The van der Waals surface area contributed by atoms with Crippen LogP contribution in [-0.2, 0) is 89.0 Å². The summed E-state index contributed by atoms with van der Waals surface area (Å²) in [5, 5.41) is 39.0. The number of likely N-dealkylation sites (tertiary alicyclic amines) is 1. The van der Waals surface area contributed by atoms with Gasteiger partial charge in [0.05, 0.1) is 61.2 Å². The maximum absolute atomic E-state index is 15.5. The Labute approximate surface area is 461 Å². The van der Waals surface area contributed by atoms with E-state index in [1.807, 2.05) is 0 Å². The van der Waals surface area contributed by atoms with Crippen LogP contribution in [0.15, 0.2) is 47.3 Å². The van der Waals surface area contributed by atoms with E-state index in [0.29, 0.717) is 76.6 Å². The third kappa shape index (κ3) is 11.3. The van der Waals surface area contributed by atoms with Gasteiger partial charge in [-0.2, -0.15) is 0 Å². The summed E-state index contributed by atoms with van der Waals surface area (Å²) in [5.41, 5.74) is 0.380. The van der Waals surface area contributed by atoms with Gasteiger partial charge in [0.15, 0.2) is 5.60 Å². The highest BCUT2D eigenvalue weighted by Gasteiger charge is 2.49. The number of carboxylic acids is 1. The van der Waals surface area contributed by atoms with Crippen molar-refractivity contribution in [1.29, 1.82) is 0 Å². The molecule has 1 saturated carbocycles. The molecule has 1 unspecified atom stereocenters. The fraction of sp³-hybridized carbons (Fsp3) is 0.455. The molecule has 2 aromatic heterocycles.